The molecular formula is C16H19BrN2O3. The Labute approximate surface area is 138 Å². The lowest BCUT2D eigenvalue weighted by atomic mass is 9.97. The van der Waals surface area contributed by atoms with Crippen LogP contribution in [0.1, 0.15) is 36.0 Å². The van der Waals surface area contributed by atoms with E-state index in [1.54, 1.807) is 29.2 Å². The molecule has 0 bridgehead atoms. The molecule has 2 N–H and O–H groups in total. The molecule has 118 valence electrons. The van der Waals surface area contributed by atoms with Gasteiger partial charge in [-0.1, -0.05) is 28.1 Å². The fraction of sp³-hybridized carbons (Fsp3) is 0.438. The van der Waals surface area contributed by atoms with Crippen LogP contribution in [0.15, 0.2) is 28.7 Å². The van der Waals surface area contributed by atoms with Crippen molar-refractivity contribution in [1.82, 2.24) is 4.90 Å². The third-order valence-corrected chi connectivity index (χ3v) is 4.44. The van der Waals surface area contributed by atoms with Gasteiger partial charge in [0, 0.05) is 36.0 Å². The van der Waals surface area contributed by atoms with Crippen LogP contribution in [0.2, 0.25) is 0 Å². The van der Waals surface area contributed by atoms with Gasteiger partial charge < -0.3 is 10.6 Å². The van der Waals surface area contributed by atoms with Crippen molar-refractivity contribution in [2.24, 2.45) is 11.7 Å². The molecule has 0 aromatic heterocycles. The van der Waals surface area contributed by atoms with Crippen LogP contribution in [0.5, 0.6) is 0 Å². The molecule has 1 aliphatic heterocycles. The summed E-state index contributed by atoms with van der Waals surface area (Å²) in [4.78, 5) is 37.1. The zero-order valence-electron chi connectivity index (χ0n) is 12.3. The van der Waals surface area contributed by atoms with Gasteiger partial charge in [-0.2, -0.15) is 0 Å². The SMILES string of the molecule is NC(=O)C1CCCN(C(=O)CCC(=O)c2ccc(Br)cc2)C1. The lowest BCUT2D eigenvalue weighted by Gasteiger charge is -2.31. The van der Waals surface area contributed by atoms with Crippen molar-refractivity contribution in [1.29, 1.82) is 0 Å². The minimum absolute atomic E-state index is 0.0516. The molecule has 2 rings (SSSR count). The molecule has 0 saturated carbocycles. The molecule has 1 aromatic carbocycles. The number of hydrogen-bond acceptors (Lipinski definition) is 3. The summed E-state index contributed by atoms with van der Waals surface area (Å²) < 4.78 is 0.908. The van der Waals surface area contributed by atoms with Gasteiger partial charge in [0.1, 0.15) is 0 Å². The predicted octanol–water partition coefficient (Wildman–Crippen LogP) is 2.14. The average molecular weight is 367 g/mol. The maximum absolute atomic E-state index is 12.2. The molecule has 1 fully saturated rings. The molecule has 22 heavy (non-hydrogen) atoms. The van der Waals surface area contributed by atoms with Crippen LogP contribution < -0.4 is 5.73 Å². The number of likely N-dealkylation sites (tertiary alicyclic amines) is 1. The third kappa shape index (κ3) is 4.40. The molecule has 2 amide bonds. The Morgan fingerprint density at radius 2 is 1.86 bits per heavy atom. The van der Waals surface area contributed by atoms with Gasteiger partial charge in [-0.3, -0.25) is 14.4 Å². The smallest absolute Gasteiger partial charge is 0.223 e. The van der Waals surface area contributed by atoms with Crippen molar-refractivity contribution < 1.29 is 14.4 Å². The minimum Gasteiger partial charge on any atom is -0.369 e. The van der Waals surface area contributed by atoms with E-state index in [0.29, 0.717) is 18.7 Å². The fourth-order valence-corrected chi connectivity index (χ4v) is 2.86. The van der Waals surface area contributed by atoms with E-state index in [0.717, 1.165) is 17.3 Å². The largest absolute Gasteiger partial charge is 0.369 e. The summed E-state index contributed by atoms with van der Waals surface area (Å²) in [6, 6.07) is 7.08. The van der Waals surface area contributed by atoms with Crippen molar-refractivity contribution in [3.63, 3.8) is 0 Å². The molecule has 0 aliphatic carbocycles. The topological polar surface area (TPSA) is 80.5 Å². The Hall–Kier alpha value is -1.69. The third-order valence-electron chi connectivity index (χ3n) is 3.91. The Morgan fingerprint density at radius 1 is 1.18 bits per heavy atom. The quantitative estimate of drug-likeness (QED) is 0.810. The second kappa shape index (κ2) is 7.54. The lowest BCUT2D eigenvalue weighted by molar-refractivity contribution is -0.134. The molecule has 1 unspecified atom stereocenters. The van der Waals surface area contributed by atoms with Crippen LogP contribution in [0, 0.1) is 5.92 Å². The summed E-state index contributed by atoms with van der Waals surface area (Å²) in [5.74, 6) is -0.760. The number of benzene rings is 1. The molecule has 6 heteroatoms. The van der Waals surface area contributed by atoms with Gasteiger partial charge in [0.15, 0.2) is 5.78 Å². The molecule has 1 saturated heterocycles. The van der Waals surface area contributed by atoms with Crippen LogP contribution in [-0.2, 0) is 9.59 Å². The van der Waals surface area contributed by atoms with Crippen molar-refractivity contribution in [2.45, 2.75) is 25.7 Å². The number of Topliss-reactive ketones (excluding diaryl/α,β-unsaturated/α-hetero) is 1. The first-order chi connectivity index (χ1) is 10.5. The summed E-state index contributed by atoms with van der Waals surface area (Å²) in [5, 5.41) is 0. The molecule has 1 atom stereocenters. The van der Waals surface area contributed by atoms with E-state index in [2.05, 4.69) is 15.9 Å². The van der Waals surface area contributed by atoms with Crippen molar-refractivity contribution in [3.8, 4) is 0 Å². The number of rotatable bonds is 5. The summed E-state index contributed by atoms with van der Waals surface area (Å²) in [7, 11) is 0. The van der Waals surface area contributed by atoms with Gasteiger partial charge in [0.25, 0.3) is 0 Å². The van der Waals surface area contributed by atoms with Gasteiger partial charge in [-0.15, -0.1) is 0 Å². The maximum Gasteiger partial charge on any atom is 0.223 e. The molecule has 0 radical (unpaired) electrons. The monoisotopic (exact) mass is 366 g/mol. The summed E-state index contributed by atoms with van der Waals surface area (Å²) in [6.45, 7) is 1.01. The van der Waals surface area contributed by atoms with E-state index >= 15 is 0 Å². The normalized spacial score (nSPS) is 18.0. The van der Waals surface area contributed by atoms with Crippen LogP contribution in [0.3, 0.4) is 0 Å². The van der Waals surface area contributed by atoms with Crippen LogP contribution in [0.25, 0.3) is 0 Å². The Kier molecular flexibility index (Phi) is 5.71. The molecule has 5 nitrogen and oxygen atoms in total. The number of carbonyl (C=O) groups is 3. The summed E-state index contributed by atoms with van der Waals surface area (Å²) >= 11 is 3.32. The average Bonchev–Trinajstić information content (AvgIpc) is 2.53. The number of hydrogen-bond donors (Lipinski definition) is 1. The van der Waals surface area contributed by atoms with Gasteiger partial charge in [-0.25, -0.2) is 0 Å². The van der Waals surface area contributed by atoms with Gasteiger partial charge >= 0.3 is 0 Å². The number of piperidine rings is 1. The van der Waals surface area contributed by atoms with E-state index in [-0.39, 0.29) is 36.4 Å². The van der Waals surface area contributed by atoms with Gasteiger partial charge in [0.2, 0.25) is 11.8 Å². The number of carbonyl (C=O) groups excluding carboxylic acids is 3. The lowest BCUT2D eigenvalue weighted by Crippen LogP contribution is -2.44. The zero-order chi connectivity index (χ0) is 16.1. The number of halogens is 1. The number of nitrogens with two attached hydrogens (primary N) is 1. The molecule has 0 spiro atoms. The summed E-state index contributed by atoms with van der Waals surface area (Å²) in [5.41, 5.74) is 5.91. The first-order valence-corrected chi connectivity index (χ1v) is 8.12. The van der Waals surface area contributed by atoms with Crippen molar-refractivity contribution in [2.75, 3.05) is 13.1 Å². The van der Waals surface area contributed by atoms with E-state index in [1.165, 1.54) is 0 Å². The number of nitrogens with zero attached hydrogens (tertiary/aromatic N) is 1. The predicted molar refractivity (Wildman–Crippen MR) is 86.2 cm³/mol. The first-order valence-electron chi connectivity index (χ1n) is 7.33. The first kappa shape index (κ1) is 16.7. The second-order valence-corrected chi connectivity index (χ2v) is 6.43. The van der Waals surface area contributed by atoms with Crippen LogP contribution in [0.4, 0.5) is 0 Å². The highest BCUT2D eigenvalue weighted by molar-refractivity contribution is 9.10. The highest BCUT2D eigenvalue weighted by Crippen LogP contribution is 2.18. The second-order valence-electron chi connectivity index (χ2n) is 5.51. The highest BCUT2D eigenvalue weighted by Gasteiger charge is 2.26. The molecule has 1 aromatic rings. The van der Waals surface area contributed by atoms with Crippen LogP contribution >= 0.6 is 15.9 Å². The Balaban J connectivity index is 1.85. The zero-order valence-corrected chi connectivity index (χ0v) is 13.8. The molecular weight excluding hydrogens is 348 g/mol. The van der Waals surface area contributed by atoms with E-state index in [9.17, 15) is 14.4 Å². The standard InChI is InChI=1S/C16H19BrN2O3/c17-13-5-3-11(4-6-13)14(20)7-8-15(21)19-9-1-2-12(10-19)16(18)22/h3-6,12H,1-2,7-10H2,(H2,18,22). The number of primary amides is 1. The van der Waals surface area contributed by atoms with Crippen LogP contribution in [-0.4, -0.2) is 35.6 Å². The van der Waals surface area contributed by atoms with Crippen molar-refractivity contribution >= 4 is 33.5 Å². The Morgan fingerprint density at radius 3 is 2.50 bits per heavy atom. The van der Waals surface area contributed by atoms with E-state index < -0.39 is 0 Å². The van der Waals surface area contributed by atoms with E-state index in [1.807, 2.05) is 0 Å². The molecule has 1 aliphatic rings. The fourth-order valence-electron chi connectivity index (χ4n) is 2.59. The van der Waals surface area contributed by atoms with E-state index in [4.69, 9.17) is 5.73 Å². The van der Waals surface area contributed by atoms with Gasteiger partial charge in [-0.05, 0) is 25.0 Å². The molecule has 1 heterocycles. The summed E-state index contributed by atoms with van der Waals surface area (Å²) in [6.07, 6.45) is 1.86. The van der Waals surface area contributed by atoms with Gasteiger partial charge in [0.05, 0.1) is 5.92 Å². The maximum atomic E-state index is 12.2. The number of ketones is 1. The number of amides is 2. The highest BCUT2D eigenvalue weighted by atomic mass is 79.9. The minimum atomic E-state index is -0.358. The Bertz CT molecular complexity index is 571. The van der Waals surface area contributed by atoms with Crippen molar-refractivity contribution in [3.05, 3.63) is 34.3 Å².